The lowest BCUT2D eigenvalue weighted by atomic mass is 10.1. The normalized spacial score (nSPS) is 19.6. The second-order valence-electron chi connectivity index (χ2n) is 6.29. The minimum atomic E-state index is -0.426. The highest BCUT2D eigenvalue weighted by atomic mass is 16.5. The number of carbonyl (C=O) groups is 1. The number of hydrogen-bond donors (Lipinski definition) is 2. The molecule has 132 valence electrons. The van der Waals surface area contributed by atoms with E-state index in [-0.39, 0.29) is 12.0 Å². The monoisotopic (exact) mass is 340 g/mol. The van der Waals surface area contributed by atoms with Crippen LogP contribution < -0.4 is 15.8 Å². The lowest BCUT2D eigenvalue weighted by Crippen LogP contribution is -2.29. The van der Waals surface area contributed by atoms with E-state index in [2.05, 4.69) is 18.3 Å². The molecule has 2 atom stereocenters. The van der Waals surface area contributed by atoms with Crippen molar-refractivity contribution in [3.8, 4) is 5.75 Å². The molecule has 0 saturated carbocycles. The van der Waals surface area contributed by atoms with E-state index in [1.807, 2.05) is 42.5 Å². The van der Waals surface area contributed by atoms with Crippen LogP contribution in [0.25, 0.3) is 0 Å². The maximum absolute atomic E-state index is 12.3. The first-order valence-corrected chi connectivity index (χ1v) is 8.59. The predicted octanol–water partition coefficient (Wildman–Crippen LogP) is 3.02. The molecule has 0 spiro atoms. The first-order chi connectivity index (χ1) is 12.2. The van der Waals surface area contributed by atoms with Crippen LogP contribution in [0.4, 0.5) is 5.69 Å². The Hall–Kier alpha value is -2.37. The Labute approximate surface area is 148 Å². The Bertz CT molecular complexity index is 732. The van der Waals surface area contributed by atoms with Gasteiger partial charge in [0.25, 0.3) is 5.91 Å². The topological polar surface area (TPSA) is 73.6 Å². The lowest BCUT2D eigenvalue weighted by Gasteiger charge is -2.14. The molecule has 1 fully saturated rings. The van der Waals surface area contributed by atoms with E-state index in [0.717, 1.165) is 12.0 Å². The van der Waals surface area contributed by atoms with Crippen LogP contribution in [0.5, 0.6) is 5.75 Å². The van der Waals surface area contributed by atoms with Gasteiger partial charge >= 0.3 is 0 Å². The first kappa shape index (κ1) is 17.5. The minimum Gasteiger partial charge on any atom is -0.489 e. The smallest absolute Gasteiger partial charge is 0.253 e. The van der Waals surface area contributed by atoms with Gasteiger partial charge in [0.05, 0.1) is 6.10 Å². The molecule has 0 bridgehead atoms. The molecule has 3 N–H and O–H groups in total. The third-order valence-electron chi connectivity index (χ3n) is 4.42. The summed E-state index contributed by atoms with van der Waals surface area (Å²) in [4.78, 5) is 12.3. The van der Waals surface area contributed by atoms with Crippen molar-refractivity contribution in [1.82, 2.24) is 0 Å². The van der Waals surface area contributed by atoms with Crippen LogP contribution in [-0.2, 0) is 16.1 Å². The van der Waals surface area contributed by atoms with Crippen molar-refractivity contribution in [1.29, 1.82) is 0 Å². The van der Waals surface area contributed by atoms with Gasteiger partial charge in [-0.15, -0.1) is 0 Å². The molecule has 0 aliphatic carbocycles. The van der Waals surface area contributed by atoms with Gasteiger partial charge in [-0.1, -0.05) is 30.3 Å². The summed E-state index contributed by atoms with van der Waals surface area (Å²) >= 11 is 0. The molecular weight excluding hydrogens is 316 g/mol. The molecule has 1 saturated heterocycles. The maximum Gasteiger partial charge on any atom is 0.253 e. The first-order valence-electron chi connectivity index (χ1n) is 8.59. The zero-order chi connectivity index (χ0) is 17.6. The van der Waals surface area contributed by atoms with Gasteiger partial charge in [0, 0.05) is 18.3 Å². The number of carbonyl (C=O) groups excluding carboxylic acids is 1. The molecule has 1 aliphatic heterocycles. The van der Waals surface area contributed by atoms with Gasteiger partial charge in [-0.25, -0.2) is 0 Å². The van der Waals surface area contributed by atoms with E-state index in [9.17, 15) is 4.79 Å². The van der Waals surface area contributed by atoms with Crippen molar-refractivity contribution in [2.75, 3.05) is 11.9 Å². The number of hydrogen-bond acceptors (Lipinski definition) is 4. The third kappa shape index (κ3) is 4.59. The van der Waals surface area contributed by atoms with Gasteiger partial charge in [0.1, 0.15) is 18.5 Å². The molecule has 1 aliphatic rings. The lowest BCUT2D eigenvalue weighted by molar-refractivity contribution is -0.126. The number of amides is 1. The van der Waals surface area contributed by atoms with Crippen molar-refractivity contribution < 1.29 is 14.3 Å². The zero-order valence-electron chi connectivity index (χ0n) is 14.4. The van der Waals surface area contributed by atoms with Crippen LogP contribution >= 0.6 is 0 Å². The van der Waals surface area contributed by atoms with Gasteiger partial charge in [-0.05, 0) is 43.0 Å². The Morgan fingerprint density at radius 1 is 1.24 bits per heavy atom. The highest BCUT2D eigenvalue weighted by Gasteiger charge is 2.29. The fraction of sp³-hybridized carbons (Fsp3) is 0.350. The largest absolute Gasteiger partial charge is 0.489 e. The van der Waals surface area contributed by atoms with Crippen molar-refractivity contribution >= 4 is 11.6 Å². The summed E-state index contributed by atoms with van der Waals surface area (Å²) in [5.74, 6) is 0.584. The van der Waals surface area contributed by atoms with Crippen LogP contribution in [0, 0.1) is 6.92 Å². The SMILES string of the molecule is Cc1ccccc1COc1cccc(NC(=O)[C@@H]2CC[C@H](CN)O2)c1. The number of anilines is 1. The van der Waals surface area contributed by atoms with Gasteiger partial charge in [-0.2, -0.15) is 0 Å². The Kier molecular flexibility index (Phi) is 5.68. The minimum absolute atomic E-state index is 0.0143. The average Bonchev–Trinajstić information content (AvgIpc) is 3.11. The Balaban J connectivity index is 1.58. The number of ether oxygens (including phenoxy) is 2. The van der Waals surface area contributed by atoms with Gasteiger partial charge in [0.15, 0.2) is 0 Å². The number of nitrogens with two attached hydrogens (primary N) is 1. The summed E-state index contributed by atoms with van der Waals surface area (Å²) in [5.41, 5.74) is 8.63. The van der Waals surface area contributed by atoms with Crippen molar-refractivity contribution in [2.45, 2.75) is 38.6 Å². The maximum atomic E-state index is 12.3. The number of nitrogens with one attached hydrogen (secondary N) is 1. The zero-order valence-corrected chi connectivity index (χ0v) is 14.4. The third-order valence-corrected chi connectivity index (χ3v) is 4.42. The second kappa shape index (κ2) is 8.14. The Morgan fingerprint density at radius 3 is 2.84 bits per heavy atom. The van der Waals surface area contributed by atoms with Crippen molar-refractivity contribution in [3.05, 3.63) is 59.7 Å². The molecule has 5 heteroatoms. The molecule has 0 radical (unpaired) electrons. The van der Waals surface area contributed by atoms with Gasteiger partial charge < -0.3 is 20.5 Å². The molecule has 0 aromatic heterocycles. The number of aryl methyl sites for hydroxylation is 1. The standard InChI is InChI=1S/C20H24N2O3/c1-14-5-2-3-6-15(14)13-24-17-8-4-7-16(11-17)22-20(23)19-10-9-18(12-21)25-19/h2-8,11,18-19H,9-10,12-13,21H2,1H3,(H,22,23)/t18-,19+/m1/s1. The average molecular weight is 340 g/mol. The molecule has 1 amide bonds. The highest BCUT2D eigenvalue weighted by Crippen LogP contribution is 2.23. The molecule has 2 aromatic carbocycles. The highest BCUT2D eigenvalue weighted by molar-refractivity contribution is 5.94. The van der Waals surface area contributed by atoms with E-state index in [4.69, 9.17) is 15.2 Å². The number of rotatable bonds is 6. The predicted molar refractivity (Wildman–Crippen MR) is 97.5 cm³/mol. The van der Waals surface area contributed by atoms with E-state index >= 15 is 0 Å². The second-order valence-corrected chi connectivity index (χ2v) is 6.29. The summed E-state index contributed by atoms with van der Waals surface area (Å²) in [6.45, 7) is 3.01. The Morgan fingerprint density at radius 2 is 2.08 bits per heavy atom. The molecule has 1 heterocycles. The molecule has 25 heavy (non-hydrogen) atoms. The van der Waals surface area contributed by atoms with Gasteiger partial charge in [-0.3, -0.25) is 4.79 Å². The van der Waals surface area contributed by atoms with Crippen LogP contribution in [0.15, 0.2) is 48.5 Å². The summed E-state index contributed by atoms with van der Waals surface area (Å²) < 4.78 is 11.5. The van der Waals surface area contributed by atoms with Crippen LogP contribution in [0.2, 0.25) is 0 Å². The summed E-state index contributed by atoms with van der Waals surface area (Å²) in [5, 5.41) is 2.89. The summed E-state index contributed by atoms with van der Waals surface area (Å²) in [6, 6.07) is 15.5. The molecule has 0 unspecified atom stereocenters. The summed E-state index contributed by atoms with van der Waals surface area (Å²) in [7, 11) is 0. The summed E-state index contributed by atoms with van der Waals surface area (Å²) in [6.07, 6.45) is 1.09. The number of benzene rings is 2. The van der Waals surface area contributed by atoms with Gasteiger partial charge in [0.2, 0.25) is 0 Å². The van der Waals surface area contributed by atoms with Crippen LogP contribution in [-0.4, -0.2) is 24.7 Å². The van der Waals surface area contributed by atoms with Crippen molar-refractivity contribution in [2.24, 2.45) is 5.73 Å². The molecule has 2 aromatic rings. The molecule has 3 rings (SSSR count). The quantitative estimate of drug-likeness (QED) is 0.848. The fourth-order valence-corrected chi connectivity index (χ4v) is 2.89. The van der Waals surface area contributed by atoms with E-state index in [0.29, 0.717) is 31.0 Å². The fourth-order valence-electron chi connectivity index (χ4n) is 2.89. The van der Waals surface area contributed by atoms with Crippen LogP contribution in [0.3, 0.4) is 0 Å². The van der Waals surface area contributed by atoms with Crippen LogP contribution in [0.1, 0.15) is 24.0 Å². The molecular formula is C20H24N2O3. The van der Waals surface area contributed by atoms with E-state index in [1.165, 1.54) is 5.56 Å². The molecule has 5 nitrogen and oxygen atoms in total. The van der Waals surface area contributed by atoms with E-state index in [1.54, 1.807) is 0 Å². The van der Waals surface area contributed by atoms with E-state index < -0.39 is 6.10 Å². The van der Waals surface area contributed by atoms with Crippen molar-refractivity contribution in [3.63, 3.8) is 0 Å².